The lowest BCUT2D eigenvalue weighted by atomic mass is 10.2. The standard InChI is InChI=1S/C11H16F3N3/c1-2-7-17-9(3-6-16-17)8-15-10(4-5-10)11(12,13)14/h3,6,15H,2,4-5,7-8H2,1H3. The molecular formula is C11H16F3N3. The van der Waals surface area contributed by atoms with Crippen molar-refractivity contribution in [2.75, 3.05) is 0 Å². The second-order valence-corrected chi connectivity index (χ2v) is 4.48. The molecule has 2 rings (SSSR count). The fourth-order valence-corrected chi connectivity index (χ4v) is 1.87. The van der Waals surface area contributed by atoms with E-state index in [9.17, 15) is 13.2 Å². The largest absolute Gasteiger partial charge is 0.406 e. The summed E-state index contributed by atoms with van der Waals surface area (Å²) >= 11 is 0. The van der Waals surface area contributed by atoms with Gasteiger partial charge in [0.15, 0.2) is 0 Å². The van der Waals surface area contributed by atoms with Gasteiger partial charge in [0.05, 0.1) is 5.69 Å². The molecule has 1 aliphatic carbocycles. The van der Waals surface area contributed by atoms with Crippen molar-refractivity contribution in [2.24, 2.45) is 0 Å². The van der Waals surface area contributed by atoms with Crippen molar-refractivity contribution in [3.8, 4) is 0 Å². The van der Waals surface area contributed by atoms with E-state index in [4.69, 9.17) is 0 Å². The van der Waals surface area contributed by atoms with Gasteiger partial charge in [-0.25, -0.2) is 0 Å². The Bertz CT molecular complexity index is 380. The van der Waals surface area contributed by atoms with Gasteiger partial charge < -0.3 is 0 Å². The molecular weight excluding hydrogens is 231 g/mol. The van der Waals surface area contributed by atoms with Gasteiger partial charge in [-0.1, -0.05) is 6.92 Å². The summed E-state index contributed by atoms with van der Waals surface area (Å²) in [5.74, 6) is 0. The number of halogens is 3. The van der Waals surface area contributed by atoms with Crippen molar-refractivity contribution in [2.45, 2.75) is 51.0 Å². The first-order valence-corrected chi connectivity index (χ1v) is 5.81. The number of rotatable bonds is 5. The minimum absolute atomic E-state index is 0.179. The van der Waals surface area contributed by atoms with Crippen LogP contribution >= 0.6 is 0 Å². The zero-order valence-electron chi connectivity index (χ0n) is 9.72. The summed E-state index contributed by atoms with van der Waals surface area (Å²) in [4.78, 5) is 0. The molecule has 1 aromatic heterocycles. The van der Waals surface area contributed by atoms with Gasteiger partial charge in [0.25, 0.3) is 0 Å². The topological polar surface area (TPSA) is 29.9 Å². The molecule has 17 heavy (non-hydrogen) atoms. The van der Waals surface area contributed by atoms with Gasteiger partial charge in [-0.05, 0) is 25.3 Å². The van der Waals surface area contributed by atoms with Crippen LogP contribution in [0.5, 0.6) is 0 Å². The van der Waals surface area contributed by atoms with E-state index < -0.39 is 11.7 Å². The third-order valence-corrected chi connectivity index (χ3v) is 3.14. The first-order valence-electron chi connectivity index (χ1n) is 5.81. The Labute approximate surface area is 98.0 Å². The van der Waals surface area contributed by atoms with Gasteiger partial charge in [-0.3, -0.25) is 10.00 Å². The number of hydrogen-bond acceptors (Lipinski definition) is 2. The van der Waals surface area contributed by atoms with Gasteiger partial charge in [0.2, 0.25) is 0 Å². The van der Waals surface area contributed by atoms with Gasteiger partial charge in [0, 0.05) is 19.3 Å². The van der Waals surface area contributed by atoms with Crippen LogP contribution in [0.1, 0.15) is 31.9 Å². The summed E-state index contributed by atoms with van der Waals surface area (Å²) in [6.07, 6.45) is -1.25. The molecule has 1 fully saturated rings. The monoisotopic (exact) mass is 247 g/mol. The Morgan fingerprint density at radius 1 is 1.47 bits per heavy atom. The van der Waals surface area contributed by atoms with Gasteiger partial charge >= 0.3 is 6.18 Å². The predicted molar refractivity (Wildman–Crippen MR) is 57.4 cm³/mol. The van der Waals surface area contributed by atoms with Gasteiger partial charge in [-0.2, -0.15) is 18.3 Å². The fraction of sp³-hybridized carbons (Fsp3) is 0.727. The van der Waals surface area contributed by atoms with E-state index in [0.717, 1.165) is 18.7 Å². The SMILES string of the molecule is CCCn1nccc1CNC1(C(F)(F)F)CC1. The number of hydrogen-bond donors (Lipinski definition) is 1. The molecule has 0 spiro atoms. The summed E-state index contributed by atoms with van der Waals surface area (Å²) in [6, 6.07) is 1.76. The molecule has 0 bridgehead atoms. The molecule has 0 unspecified atom stereocenters. The van der Waals surface area contributed by atoms with Crippen LogP contribution < -0.4 is 5.32 Å². The minimum atomic E-state index is -4.15. The molecule has 1 aromatic rings. The lowest BCUT2D eigenvalue weighted by Crippen LogP contribution is -2.44. The Hall–Kier alpha value is -1.04. The molecule has 1 heterocycles. The van der Waals surface area contributed by atoms with Crippen LogP contribution in [0.3, 0.4) is 0 Å². The molecule has 6 heteroatoms. The first-order chi connectivity index (χ1) is 7.98. The van der Waals surface area contributed by atoms with E-state index in [2.05, 4.69) is 10.4 Å². The molecule has 1 saturated carbocycles. The van der Waals surface area contributed by atoms with Crippen LogP contribution in [0, 0.1) is 0 Å². The third kappa shape index (κ3) is 2.46. The summed E-state index contributed by atoms with van der Waals surface area (Å²) in [7, 11) is 0. The van der Waals surface area contributed by atoms with Crippen LogP contribution in [-0.2, 0) is 13.1 Å². The second-order valence-electron chi connectivity index (χ2n) is 4.48. The number of alkyl halides is 3. The highest BCUT2D eigenvalue weighted by Crippen LogP contribution is 2.49. The Balaban J connectivity index is 1.96. The second kappa shape index (κ2) is 4.33. The maximum atomic E-state index is 12.7. The van der Waals surface area contributed by atoms with Crippen molar-refractivity contribution >= 4 is 0 Å². The molecule has 0 radical (unpaired) electrons. The third-order valence-electron chi connectivity index (χ3n) is 3.14. The van der Waals surface area contributed by atoms with E-state index in [1.807, 2.05) is 6.92 Å². The summed E-state index contributed by atoms with van der Waals surface area (Å²) in [5.41, 5.74) is -0.837. The summed E-state index contributed by atoms with van der Waals surface area (Å²) in [6.45, 7) is 2.97. The van der Waals surface area contributed by atoms with E-state index in [1.165, 1.54) is 0 Å². The van der Waals surface area contributed by atoms with Crippen molar-refractivity contribution < 1.29 is 13.2 Å². The van der Waals surface area contributed by atoms with Crippen LogP contribution in [0.15, 0.2) is 12.3 Å². The average molecular weight is 247 g/mol. The Morgan fingerprint density at radius 2 is 2.18 bits per heavy atom. The van der Waals surface area contributed by atoms with Crippen LogP contribution in [0.4, 0.5) is 13.2 Å². The maximum absolute atomic E-state index is 12.7. The van der Waals surface area contributed by atoms with Gasteiger partial charge in [-0.15, -0.1) is 0 Å². The average Bonchev–Trinajstić information content (AvgIpc) is 2.93. The molecule has 0 aliphatic heterocycles. The van der Waals surface area contributed by atoms with Crippen molar-refractivity contribution in [1.82, 2.24) is 15.1 Å². The van der Waals surface area contributed by atoms with Crippen LogP contribution in [-0.4, -0.2) is 21.5 Å². The molecule has 0 amide bonds. The molecule has 0 atom stereocenters. The zero-order chi connectivity index (χ0) is 12.5. The van der Waals surface area contributed by atoms with E-state index in [-0.39, 0.29) is 19.4 Å². The quantitative estimate of drug-likeness (QED) is 0.866. The Morgan fingerprint density at radius 3 is 2.71 bits per heavy atom. The Kier molecular flexibility index (Phi) is 3.16. The van der Waals surface area contributed by atoms with E-state index in [0.29, 0.717) is 0 Å². The smallest absolute Gasteiger partial charge is 0.298 e. The molecule has 1 aliphatic rings. The maximum Gasteiger partial charge on any atom is 0.406 e. The zero-order valence-corrected chi connectivity index (χ0v) is 9.72. The first kappa shape index (κ1) is 12.4. The number of nitrogens with one attached hydrogen (secondary N) is 1. The highest BCUT2D eigenvalue weighted by Gasteiger charge is 2.62. The highest BCUT2D eigenvalue weighted by atomic mass is 19.4. The number of nitrogens with zero attached hydrogens (tertiary/aromatic N) is 2. The molecule has 0 aromatic carbocycles. The molecule has 3 nitrogen and oxygen atoms in total. The minimum Gasteiger partial charge on any atom is -0.298 e. The number of aryl methyl sites for hydroxylation is 1. The molecule has 96 valence electrons. The van der Waals surface area contributed by atoms with Crippen LogP contribution in [0.2, 0.25) is 0 Å². The highest BCUT2D eigenvalue weighted by molar-refractivity contribution is 5.10. The number of aromatic nitrogens is 2. The predicted octanol–water partition coefficient (Wildman–Crippen LogP) is 2.48. The van der Waals surface area contributed by atoms with E-state index >= 15 is 0 Å². The van der Waals surface area contributed by atoms with E-state index in [1.54, 1.807) is 16.9 Å². The van der Waals surface area contributed by atoms with Crippen molar-refractivity contribution in [3.63, 3.8) is 0 Å². The van der Waals surface area contributed by atoms with Crippen molar-refractivity contribution in [1.29, 1.82) is 0 Å². The molecule has 1 N–H and O–H groups in total. The molecule has 0 saturated heterocycles. The van der Waals surface area contributed by atoms with Gasteiger partial charge in [0.1, 0.15) is 5.54 Å². The fourth-order valence-electron chi connectivity index (χ4n) is 1.87. The van der Waals surface area contributed by atoms with Crippen LogP contribution in [0.25, 0.3) is 0 Å². The summed E-state index contributed by atoms with van der Waals surface area (Å²) < 4.78 is 39.8. The normalized spacial score (nSPS) is 18.4. The lowest BCUT2D eigenvalue weighted by molar-refractivity contribution is -0.166. The lowest BCUT2D eigenvalue weighted by Gasteiger charge is -2.20. The summed E-state index contributed by atoms with van der Waals surface area (Å²) in [5, 5.41) is 6.71. The van der Waals surface area contributed by atoms with Crippen molar-refractivity contribution in [3.05, 3.63) is 18.0 Å².